The number of ketones is 1. The Morgan fingerprint density at radius 1 is 1.17 bits per heavy atom. The molecule has 2 aliphatic rings. The van der Waals surface area contributed by atoms with Crippen molar-refractivity contribution < 1.29 is 14.3 Å². The number of rotatable bonds is 2. The number of carbonyl (C=O) groups is 1. The van der Waals surface area contributed by atoms with Crippen LogP contribution in [-0.4, -0.2) is 30.0 Å². The topological polar surface area (TPSA) is 35.5 Å². The Hall–Kier alpha value is -1.10. The van der Waals surface area contributed by atoms with Crippen LogP contribution in [0, 0.1) is 0 Å². The van der Waals surface area contributed by atoms with Crippen LogP contribution in [0.2, 0.25) is 0 Å². The summed E-state index contributed by atoms with van der Waals surface area (Å²) in [4.78, 5) is 12.7. The summed E-state index contributed by atoms with van der Waals surface area (Å²) in [6.07, 6.45) is 3.80. The summed E-state index contributed by atoms with van der Waals surface area (Å²) < 4.78 is 11.5. The molecule has 0 saturated carbocycles. The Morgan fingerprint density at radius 3 is 2.61 bits per heavy atom. The van der Waals surface area contributed by atoms with Crippen molar-refractivity contribution in [3.8, 4) is 0 Å². The standard InChI is InChI=1S/C14H14O3S/c15-11-6-7-14(16-8-9-17-14)13(10-11)18-12-4-2-1-3-5-12/h1-7,13H,8-10H2. The summed E-state index contributed by atoms with van der Waals surface area (Å²) in [5.41, 5.74) is 0. The van der Waals surface area contributed by atoms with Crippen LogP contribution in [0.25, 0.3) is 0 Å². The second-order valence-corrected chi connectivity index (χ2v) is 5.62. The second-order valence-electron chi connectivity index (χ2n) is 4.34. The van der Waals surface area contributed by atoms with E-state index >= 15 is 0 Å². The third-order valence-electron chi connectivity index (χ3n) is 3.10. The Bertz CT molecular complexity index is 463. The van der Waals surface area contributed by atoms with Gasteiger partial charge >= 0.3 is 0 Å². The highest BCUT2D eigenvalue weighted by Gasteiger charge is 2.45. The summed E-state index contributed by atoms with van der Waals surface area (Å²) in [6, 6.07) is 10.0. The van der Waals surface area contributed by atoms with Crippen molar-refractivity contribution in [2.45, 2.75) is 22.4 Å². The minimum Gasteiger partial charge on any atom is -0.343 e. The fourth-order valence-corrected chi connectivity index (χ4v) is 3.49. The maximum atomic E-state index is 11.6. The molecule has 1 heterocycles. The molecule has 1 fully saturated rings. The van der Waals surface area contributed by atoms with Crippen LogP contribution < -0.4 is 0 Å². The molecule has 94 valence electrons. The molecule has 0 aromatic heterocycles. The molecule has 0 radical (unpaired) electrons. The first-order valence-corrected chi connectivity index (χ1v) is 6.88. The molecule has 1 aromatic carbocycles. The summed E-state index contributed by atoms with van der Waals surface area (Å²) in [5.74, 6) is -0.581. The van der Waals surface area contributed by atoms with Gasteiger partial charge in [-0.3, -0.25) is 4.79 Å². The third kappa shape index (κ3) is 2.23. The first kappa shape index (κ1) is 12.0. The minimum atomic E-state index is -0.714. The van der Waals surface area contributed by atoms with E-state index in [4.69, 9.17) is 9.47 Å². The van der Waals surface area contributed by atoms with Crippen molar-refractivity contribution in [3.05, 3.63) is 42.5 Å². The molecule has 1 aromatic rings. The van der Waals surface area contributed by atoms with E-state index in [1.807, 2.05) is 30.3 Å². The van der Waals surface area contributed by atoms with Crippen LogP contribution in [0.1, 0.15) is 6.42 Å². The second kappa shape index (κ2) is 4.88. The van der Waals surface area contributed by atoms with Crippen LogP contribution in [0.3, 0.4) is 0 Å². The van der Waals surface area contributed by atoms with Gasteiger partial charge in [-0.25, -0.2) is 0 Å². The minimum absolute atomic E-state index is 0.0140. The van der Waals surface area contributed by atoms with Gasteiger partial charge in [-0.05, 0) is 24.3 Å². The normalized spacial score (nSPS) is 25.8. The van der Waals surface area contributed by atoms with Gasteiger partial charge in [0.05, 0.1) is 18.5 Å². The Morgan fingerprint density at radius 2 is 1.89 bits per heavy atom. The lowest BCUT2D eigenvalue weighted by Gasteiger charge is -2.34. The molecule has 4 heteroatoms. The van der Waals surface area contributed by atoms with Crippen molar-refractivity contribution >= 4 is 17.5 Å². The molecule has 3 rings (SSSR count). The zero-order valence-electron chi connectivity index (χ0n) is 9.87. The van der Waals surface area contributed by atoms with E-state index in [0.717, 1.165) is 4.90 Å². The number of thioether (sulfide) groups is 1. The van der Waals surface area contributed by atoms with Crippen LogP contribution in [0.5, 0.6) is 0 Å². The molecule has 0 bridgehead atoms. The molecule has 18 heavy (non-hydrogen) atoms. The van der Waals surface area contributed by atoms with Gasteiger partial charge in [-0.2, -0.15) is 0 Å². The molecule has 1 aliphatic carbocycles. The SMILES string of the molecule is O=C1C=CC2(OCCO2)C(Sc2ccccc2)C1. The predicted octanol–water partition coefficient (Wildman–Crippen LogP) is 2.42. The highest BCUT2D eigenvalue weighted by molar-refractivity contribution is 8.00. The smallest absolute Gasteiger partial charge is 0.201 e. The monoisotopic (exact) mass is 262 g/mol. The lowest BCUT2D eigenvalue weighted by Crippen LogP contribution is -2.43. The van der Waals surface area contributed by atoms with Gasteiger partial charge in [0, 0.05) is 11.3 Å². The first-order valence-electron chi connectivity index (χ1n) is 6.00. The molecular formula is C14H14O3S. The lowest BCUT2D eigenvalue weighted by molar-refractivity contribution is -0.133. The van der Waals surface area contributed by atoms with E-state index in [0.29, 0.717) is 19.6 Å². The molecule has 1 unspecified atom stereocenters. The first-order chi connectivity index (χ1) is 8.78. The van der Waals surface area contributed by atoms with E-state index in [1.54, 1.807) is 23.9 Å². The number of allylic oxidation sites excluding steroid dienone is 1. The van der Waals surface area contributed by atoms with E-state index in [2.05, 4.69) is 0 Å². The molecule has 3 nitrogen and oxygen atoms in total. The van der Waals surface area contributed by atoms with Crippen LogP contribution in [0.15, 0.2) is 47.4 Å². The van der Waals surface area contributed by atoms with Gasteiger partial charge in [0.1, 0.15) is 0 Å². The largest absolute Gasteiger partial charge is 0.343 e. The number of hydrogen-bond acceptors (Lipinski definition) is 4. The molecule has 1 aliphatic heterocycles. The van der Waals surface area contributed by atoms with Gasteiger partial charge in [0.25, 0.3) is 0 Å². The van der Waals surface area contributed by atoms with E-state index in [1.165, 1.54) is 0 Å². The van der Waals surface area contributed by atoms with Crippen molar-refractivity contribution in [1.82, 2.24) is 0 Å². The van der Waals surface area contributed by atoms with Crippen LogP contribution in [0.4, 0.5) is 0 Å². The average Bonchev–Trinajstić information content (AvgIpc) is 2.85. The molecule has 1 saturated heterocycles. The number of carbonyl (C=O) groups excluding carboxylic acids is 1. The van der Waals surface area contributed by atoms with Gasteiger partial charge < -0.3 is 9.47 Å². The van der Waals surface area contributed by atoms with E-state index in [9.17, 15) is 4.79 Å². The summed E-state index contributed by atoms with van der Waals surface area (Å²) in [5, 5.41) is -0.0140. The van der Waals surface area contributed by atoms with Gasteiger partial charge in [-0.1, -0.05) is 18.2 Å². The zero-order valence-corrected chi connectivity index (χ0v) is 10.7. The maximum Gasteiger partial charge on any atom is 0.201 e. The van der Waals surface area contributed by atoms with Crippen molar-refractivity contribution in [2.75, 3.05) is 13.2 Å². The van der Waals surface area contributed by atoms with Gasteiger partial charge in [-0.15, -0.1) is 11.8 Å². The molecular weight excluding hydrogens is 248 g/mol. The Balaban J connectivity index is 1.84. The number of benzene rings is 1. The van der Waals surface area contributed by atoms with Crippen molar-refractivity contribution in [2.24, 2.45) is 0 Å². The molecule has 1 atom stereocenters. The number of hydrogen-bond donors (Lipinski definition) is 0. The van der Waals surface area contributed by atoms with E-state index < -0.39 is 5.79 Å². The quantitative estimate of drug-likeness (QED) is 0.820. The highest BCUT2D eigenvalue weighted by Crippen LogP contribution is 2.40. The summed E-state index contributed by atoms with van der Waals surface area (Å²) in [7, 11) is 0. The van der Waals surface area contributed by atoms with E-state index in [-0.39, 0.29) is 11.0 Å². The average molecular weight is 262 g/mol. The summed E-state index contributed by atoms with van der Waals surface area (Å²) in [6.45, 7) is 1.18. The highest BCUT2D eigenvalue weighted by atomic mass is 32.2. The van der Waals surface area contributed by atoms with Gasteiger partial charge in [0.2, 0.25) is 5.79 Å². The van der Waals surface area contributed by atoms with Crippen molar-refractivity contribution in [3.63, 3.8) is 0 Å². The van der Waals surface area contributed by atoms with Gasteiger partial charge in [0.15, 0.2) is 5.78 Å². The molecule has 1 spiro atoms. The molecule has 0 N–H and O–H groups in total. The fourth-order valence-electron chi connectivity index (χ4n) is 2.22. The third-order valence-corrected chi connectivity index (χ3v) is 4.42. The maximum absolute atomic E-state index is 11.6. The zero-order chi connectivity index (χ0) is 12.4. The van der Waals surface area contributed by atoms with Crippen LogP contribution in [-0.2, 0) is 14.3 Å². The summed E-state index contributed by atoms with van der Waals surface area (Å²) >= 11 is 1.64. The lowest BCUT2D eigenvalue weighted by atomic mass is 10.00. The Kier molecular flexibility index (Phi) is 3.24. The number of ether oxygens (including phenoxy) is 2. The fraction of sp³-hybridized carbons (Fsp3) is 0.357. The molecule has 0 amide bonds. The van der Waals surface area contributed by atoms with Crippen molar-refractivity contribution in [1.29, 1.82) is 0 Å². The Labute approximate surface area is 110 Å². The van der Waals surface area contributed by atoms with Crippen LogP contribution >= 0.6 is 11.8 Å². The predicted molar refractivity (Wildman–Crippen MR) is 69.5 cm³/mol.